The molecule has 0 atom stereocenters. The molecule has 17 heavy (non-hydrogen) atoms. The maximum atomic E-state index is 11.0. The second-order valence-electron chi connectivity index (χ2n) is 3.47. The first kappa shape index (κ1) is 11.1. The largest absolute Gasteiger partial charge is 0.466 e. The highest BCUT2D eigenvalue weighted by Crippen LogP contribution is 2.19. The topological polar surface area (TPSA) is 48.3 Å². The van der Waals surface area contributed by atoms with Crippen molar-refractivity contribution in [3.05, 3.63) is 42.1 Å². The Balaban J connectivity index is 2.51. The zero-order chi connectivity index (χ0) is 12.3. The SMILES string of the molecule is COC(=O)/C=C/n1cc(C=O)c2ccccc21. The number of ether oxygens (including phenoxy) is 1. The molecular weight excluding hydrogens is 218 g/mol. The fraction of sp³-hybridized carbons (Fsp3) is 0.0769. The Hall–Kier alpha value is -2.36. The summed E-state index contributed by atoms with van der Waals surface area (Å²) in [6.45, 7) is 0. The third-order valence-corrected chi connectivity index (χ3v) is 2.47. The van der Waals surface area contributed by atoms with Gasteiger partial charge in [0.2, 0.25) is 0 Å². The molecule has 2 rings (SSSR count). The summed E-state index contributed by atoms with van der Waals surface area (Å²) in [6, 6.07) is 7.48. The fourth-order valence-corrected chi connectivity index (χ4v) is 1.66. The highest BCUT2D eigenvalue weighted by atomic mass is 16.5. The monoisotopic (exact) mass is 229 g/mol. The van der Waals surface area contributed by atoms with Crippen molar-refractivity contribution in [3.63, 3.8) is 0 Å². The molecule has 0 spiro atoms. The third-order valence-electron chi connectivity index (χ3n) is 2.47. The number of carbonyl (C=O) groups is 2. The highest BCUT2D eigenvalue weighted by Gasteiger charge is 2.05. The van der Waals surface area contributed by atoms with Crippen LogP contribution in [0.1, 0.15) is 10.4 Å². The highest BCUT2D eigenvalue weighted by molar-refractivity contribution is 5.99. The molecule has 4 nitrogen and oxygen atoms in total. The molecule has 0 aliphatic rings. The number of esters is 1. The molecule has 0 aliphatic carbocycles. The first-order valence-corrected chi connectivity index (χ1v) is 5.07. The summed E-state index contributed by atoms with van der Waals surface area (Å²) in [4.78, 5) is 21.9. The van der Waals surface area contributed by atoms with Crippen molar-refractivity contribution >= 4 is 29.4 Å². The lowest BCUT2D eigenvalue weighted by Gasteiger charge is -1.96. The number of fused-ring (bicyclic) bond motifs is 1. The van der Waals surface area contributed by atoms with Crippen molar-refractivity contribution in [1.29, 1.82) is 0 Å². The van der Waals surface area contributed by atoms with Crippen LogP contribution in [0, 0.1) is 0 Å². The van der Waals surface area contributed by atoms with Crippen molar-refractivity contribution in [2.45, 2.75) is 0 Å². The lowest BCUT2D eigenvalue weighted by atomic mass is 10.2. The van der Waals surface area contributed by atoms with Gasteiger partial charge in [0.1, 0.15) is 0 Å². The van der Waals surface area contributed by atoms with E-state index in [-0.39, 0.29) is 0 Å². The van der Waals surface area contributed by atoms with Crippen molar-refractivity contribution in [3.8, 4) is 0 Å². The van der Waals surface area contributed by atoms with Gasteiger partial charge in [-0.2, -0.15) is 0 Å². The van der Waals surface area contributed by atoms with Crippen LogP contribution in [0.2, 0.25) is 0 Å². The van der Waals surface area contributed by atoms with Gasteiger partial charge in [-0.3, -0.25) is 4.79 Å². The van der Waals surface area contributed by atoms with Crippen LogP contribution in [-0.4, -0.2) is 23.9 Å². The molecule has 86 valence electrons. The Morgan fingerprint density at radius 3 is 2.82 bits per heavy atom. The van der Waals surface area contributed by atoms with E-state index < -0.39 is 5.97 Å². The minimum atomic E-state index is -0.435. The van der Waals surface area contributed by atoms with Gasteiger partial charge in [0, 0.05) is 29.4 Å². The Morgan fingerprint density at radius 2 is 2.12 bits per heavy atom. The van der Waals surface area contributed by atoms with Crippen molar-refractivity contribution < 1.29 is 14.3 Å². The van der Waals surface area contributed by atoms with Gasteiger partial charge >= 0.3 is 5.97 Å². The Bertz CT molecular complexity index is 596. The van der Waals surface area contributed by atoms with Crippen molar-refractivity contribution in [1.82, 2.24) is 4.57 Å². The number of carbonyl (C=O) groups excluding carboxylic acids is 2. The standard InChI is InChI=1S/C13H11NO3/c1-17-13(16)6-7-14-8-10(9-15)11-4-2-3-5-12(11)14/h2-9H,1H3/b7-6+. The van der Waals surface area contributed by atoms with Crippen LogP contribution in [0.25, 0.3) is 17.1 Å². The van der Waals surface area contributed by atoms with E-state index in [1.807, 2.05) is 24.3 Å². The number of rotatable bonds is 3. The van der Waals surface area contributed by atoms with Crippen LogP contribution < -0.4 is 0 Å². The zero-order valence-electron chi connectivity index (χ0n) is 9.29. The number of aromatic nitrogens is 1. The average Bonchev–Trinajstić information content (AvgIpc) is 2.74. The minimum Gasteiger partial charge on any atom is -0.466 e. The molecule has 1 aromatic carbocycles. The summed E-state index contributed by atoms with van der Waals surface area (Å²) in [5.74, 6) is -0.435. The predicted molar refractivity (Wildman–Crippen MR) is 64.7 cm³/mol. The smallest absolute Gasteiger partial charge is 0.331 e. The molecule has 0 bridgehead atoms. The normalized spacial score (nSPS) is 10.9. The molecular formula is C13H11NO3. The summed E-state index contributed by atoms with van der Waals surface area (Å²) in [5, 5.41) is 0.858. The first-order chi connectivity index (χ1) is 8.26. The number of hydrogen-bond acceptors (Lipinski definition) is 3. The number of methoxy groups -OCH3 is 1. The van der Waals surface area contributed by atoms with Gasteiger partial charge in [0.05, 0.1) is 12.6 Å². The van der Waals surface area contributed by atoms with E-state index in [9.17, 15) is 9.59 Å². The molecule has 0 fully saturated rings. The minimum absolute atomic E-state index is 0.435. The van der Waals surface area contributed by atoms with Crippen LogP contribution in [-0.2, 0) is 9.53 Å². The summed E-state index contributed by atoms with van der Waals surface area (Å²) >= 11 is 0. The fourth-order valence-electron chi connectivity index (χ4n) is 1.66. The van der Waals surface area contributed by atoms with Crippen LogP contribution in [0.15, 0.2) is 36.5 Å². The van der Waals surface area contributed by atoms with Crippen LogP contribution in [0.3, 0.4) is 0 Å². The van der Waals surface area contributed by atoms with E-state index in [4.69, 9.17) is 0 Å². The van der Waals surface area contributed by atoms with Gasteiger partial charge in [-0.25, -0.2) is 4.79 Å². The molecule has 0 radical (unpaired) electrons. The van der Waals surface area contributed by atoms with E-state index in [0.717, 1.165) is 17.2 Å². The van der Waals surface area contributed by atoms with Crippen LogP contribution in [0.5, 0.6) is 0 Å². The molecule has 2 aromatic rings. The molecule has 0 unspecified atom stereocenters. The van der Waals surface area contributed by atoms with Crippen LogP contribution in [0.4, 0.5) is 0 Å². The number of aldehydes is 1. The lowest BCUT2D eigenvalue weighted by Crippen LogP contribution is -1.95. The predicted octanol–water partition coefficient (Wildman–Crippen LogP) is 2.10. The van der Waals surface area contributed by atoms with E-state index in [0.29, 0.717) is 5.56 Å². The number of hydrogen-bond donors (Lipinski definition) is 0. The van der Waals surface area contributed by atoms with Gasteiger partial charge in [-0.05, 0) is 6.07 Å². The second kappa shape index (κ2) is 4.65. The molecule has 1 aromatic heterocycles. The Labute approximate surface area is 98.1 Å². The van der Waals surface area contributed by atoms with Crippen molar-refractivity contribution in [2.24, 2.45) is 0 Å². The molecule has 0 saturated carbocycles. The summed E-state index contributed by atoms with van der Waals surface area (Å²) in [7, 11) is 1.32. The number of para-hydroxylation sites is 1. The Morgan fingerprint density at radius 1 is 1.35 bits per heavy atom. The van der Waals surface area contributed by atoms with Crippen molar-refractivity contribution in [2.75, 3.05) is 7.11 Å². The van der Waals surface area contributed by atoms with Crippen LogP contribution >= 0.6 is 0 Å². The van der Waals surface area contributed by atoms with E-state index in [1.165, 1.54) is 13.2 Å². The summed E-state index contributed by atoms with van der Waals surface area (Å²) < 4.78 is 6.23. The summed E-state index contributed by atoms with van der Waals surface area (Å²) in [6.07, 6.45) is 5.35. The number of nitrogens with zero attached hydrogens (tertiary/aromatic N) is 1. The first-order valence-electron chi connectivity index (χ1n) is 5.07. The quantitative estimate of drug-likeness (QED) is 0.460. The van der Waals surface area contributed by atoms with E-state index in [2.05, 4.69) is 4.74 Å². The van der Waals surface area contributed by atoms with E-state index >= 15 is 0 Å². The van der Waals surface area contributed by atoms with Gasteiger partial charge in [0.15, 0.2) is 6.29 Å². The molecule has 0 saturated heterocycles. The van der Waals surface area contributed by atoms with Gasteiger partial charge in [-0.15, -0.1) is 0 Å². The zero-order valence-corrected chi connectivity index (χ0v) is 9.29. The Kier molecular flexibility index (Phi) is 3.05. The molecule has 1 heterocycles. The molecule has 0 N–H and O–H groups in total. The van der Waals surface area contributed by atoms with E-state index in [1.54, 1.807) is 17.0 Å². The van der Waals surface area contributed by atoms with Gasteiger partial charge in [0.25, 0.3) is 0 Å². The maximum Gasteiger partial charge on any atom is 0.331 e. The van der Waals surface area contributed by atoms with Gasteiger partial charge in [-0.1, -0.05) is 18.2 Å². The van der Waals surface area contributed by atoms with Gasteiger partial charge < -0.3 is 9.30 Å². The molecule has 4 heteroatoms. The number of benzene rings is 1. The third kappa shape index (κ3) is 2.10. The maximum absolute atomic E-state index is 11.0. The molecule has 0 amide bonds. The lowest BCUT2D eigenvalue weighted by molar-refractivity contribution is -0.134. The molecule has 0 aliphatic heterocycles. The second-order valence-corrected chi connectivity index (χ2v) is 3.47. The average molecular weight is 229 g/mol. The summed E-state index contributed by atoms with van der Waals surface area (Å²) in [5.41, 5.74) is 1.46.